The molecule has 2 aliphatic carbocycles. The van der Waals surface area contributed by atoms with Crippen LogP contribution in [0.2, 0.25) is 0 Å². The van der Waals surface area contributed by atoms with Crippen LogP contribution >= 0.6 is 0 Å². The van der Waals surface area contributed by atoms with Crippen molar-refractivity contribution in [1.82, 2.24) is 4.90 Å². The van der Waals surface area contributed by atoms with Gasteiger partial charge in [-0.1, -0.05) is 36.4 Å². The highest BCUT2D eigenvalue weighted by Gasteiger charge is 2.73. The number of carboxylic acids is 1. The minimum Gasteiger partial charge on any atom is -0.481 e. The van der Waals surface area contributed by atoms with Crippen molar-refractivity contribution >= 4 is 21.7 Å². The maximum Gasteiger partial charge on any atom is 0.435 e. The first-order chi connectivity index (χ1) is 20.8. The van der Waals surface area contributed by atoms with Crippen molar-refractivity contribution < 1.29 is 53.8 Å². The molecule has 3 aliphatic rings. The van der Waals surface area contributed by atoms with E-state index < -0.39 is 61.5 Å². The van der Waals surface area contributed by atoms with Crippen LogP contribution in [-0.4, -0.2) is 55.2 Å². The Kier molecular flexibility index (Phi) is 8.10. The Bertz CT molecular complexity index is 1570. The number of carboxylic acid groups (broad SMARTS) is 1. The standard InChI is InChI=1S/C31H32F7NO5S/c1-27(26(41)42)15-12-19(13-16-27)25(40)39-17-5-14-28(45(43,44)22-6-3-2-4-7-22)23-10-9-21(18-20(23)8-11-24(28)39)29(32,30(33,34)35)31(36,37)38/h2-4,6-7,9-10,18-19,24H,5,8,11-17H2,1H3,(H,41,42)/t19-,24?,27-,28?. The SMILES string of the molecule is C[C@]1(C(=O)O)CC[C@H](C(=O)N2CCCC3(S(=O)(=O)c4ccccc4)c4ccc(C(F)(C(F)(F)F)C(F)(F)F)cc4CCC23)CC1. The number of halogens is 7. The van der Waals surface area contributed by atoms with Gasteiger partial charge in [0.25, 0.3) is 0 Å². The lowest BCUT2D eigenvalue weighted by atomic mass is 9.70. The van der Waals surface area contributed by atoms with Crippen LogP contribution in [0.15, 0.2) is 53.4 Å². The molecule has 2 unspecified atom stereocenters. The molecular weight excluding hydrogens is 631 g/mol. The van der Waals surface area contributed by atoms with Gasteiger partial charge in [0.1, 0.15) is 4.75 Å². The minimum absolute atomic E-state index is 0.0577. The van der Waals surface area contributed by atoms with Crippen LogP contribution in [0.25, 0.3) is 0 Å². The van der Waals surface area contributed by atoms with Crippen LogP contribution in [-0.2, 0) is 36.3 Å². The number of fused-ring (bicyclic) bond motifs is 3. The number of piperidine rings is 1. The van der Waals surface area contributed by atoms with E-state index in [9.17, 15) is 49.5 Å². The Morgan fingerprint density at radius 1 is 0.889 bits per heavy atom. The molecule has 1 heterocycles. The Morgan fingerprint density at radius 3 is 2.04 bits per heavy atom. The molecule has 0 radical (unpaired) electrons. The molecule has 0 bridgehead atoms. The van der Waals surface area contributed by atoms with E-state index in [0.717, 1.165) is 6.07 Å². The second-order valence-electron chi connectivity index (χ2n) is 12.6. The van der Waals surface area contributed by atoms with Crippen LogP contribution in [0.3, 0.4) is 0 Å². The molecule has 2 aromatic rings. The van der Waals surface area contributed by atoms with Gasteiger partial charge in [-0.3, -0.25) is 9.59 Å². The number of amides is 1. The van der Waals surface area contributed by atoms with Crippen molar-refractivity contribution in [2.24, 2.45) is 11.3 Å². The fourth-order valence-electron chi connectivity index (χ4n) is 7.48. The lowest BCUT2D eigenvalue weighted by Gasteiger charge is -2.53. The van der Waals surface area contributed by atoms with E-state index in [1.54, 1.807) is 13.0 Å². The molecule has 0 aromatic heterocycles. The van der Waals surface area contributed by atoms with E-state index in [-0.39, 0.29) is 79.8 Å². The molecule has 1 saturated heterocycles. The Labute approximate surface area is 255 Å². The highest BCUT2D eigenvalue weighted by atomic mass is 32.2. The molecule has 1 aliphatic heterocycles. The average molecular weight is 664 g/mol. The molecule has 1 saturated carbocycles. The summed E-state index contributed by atoms with van der Waals surface area (Å²) in [6.07, 6.45) is -11.9. The number of benzene rings is 2. The molecule has 2 aromatic carbocycles. The van der Waals surface area contributed by atoms with Crippen molar-refractivity contribution in [3.8, 4) is 0 Å². The Hall–Kier alpha value is -3.16. The van der Waals surface area contributed by atoms with Gasteiger partial charge in [-0.25, -0.2) is 12.8 Å². The molecule has 1 amide bonds. The number of sulfone groups is 1. The molecule has 14 heteroatoms. The molecule has 6 nitrogen and oxygen atoms in total. The summed E-state index contributed by atoms with van der Waals surface area (Å²) in [6, 6.07) is 7.82. The normalized spacial score (nSPS) is 27.8. The Balaban J connectivity index is 1.63. The monoisotopic (exact) mass is 663 g/mol. The van der Waals surface area contributed by atoms with Gasteiger partial charge < -0.3 is 10.0 Å². The van der Waals surface area contributed by atoms with E-state index in [2.05, 4.69) is 0 Å². The van der Waals surface area contributed by atoms with Crippen LogP contribution in [0, 0.1) is 11.3 Å². The number of aliphatic carboxylic acids is 1. The predicted octanol–water partition coefficient (Wildman–Crippen LogP) is 6.86. The maximum absolute atomic E-state index is 15.1. The molecule has 2 atom stereocenters. The summed E-state index contributed by atoms with van der Waals surface area (Å²) in [7, 11) is -4.44. The zero-order valence-corrected chi connectivity index (χ0v) is 25.0. The quantitative estimate of drug-likeness (QED) is 0.353. The van der Waals surface area contributed by atoms with Gasteiger partial charge in [0, 0.05) is 18.0 Å². The summed E-state index contributed by atoms with van der Waals surface area (Å²) in [5.74, 6) is -1.92. The fourth-order valence-corrected chi connectivity index (χ4v) is 9.92. The van der Waals surface area contributed by atoms with E-state index >= 15 is 4.39 Å². The first-order valence-electron chi connectivity index (χ1n) is 14.6. The number of hydrogen-bond donors (Lipinski definition) is 1. The van der Waals surface area contributed by atoms with Crippen molar-refractivity contribution in [2.45, 2.75) is 92.0 Å². The molecule has 1 N–H and O–H groups in total. The fraction of sp³-hybridized carbons (Fsp3) is 0.548. The van der Waals surface area contributed by atoms with E-state index in [1.165, 1.54) is 29.2 Å². The number of alkyl halides is 7. The summed E-state index contributed by atoms with van der Waals surface area (Å²) >= 11 is 0. The van der Waals surface area contributed by atoms with Gasteiger partial charge >= 0.3 is 24.0 Å². The van der Waals surface area contributed by atoms with Gasteiger partial charge in [0.05, 0.1) is 16.4 Å². The summed E-state index contributed by atoms with van der Waals surface area (Å²) in [5.41, 5.74) is -8.60. The highest BCUT2D eigenvalue weighted by molar-refractivity contribution is 7.92. The van der Waals surface area contributed by atoms with Crippen molar-refractivity contribution in [2.75, 3.05) is 6.54 Å². The lowest BCUT2D eigenvalue weighted by Crippen LogP contribution is -2.63. The van der Waals surface area contributed by atoms with Gasteiger partial charge in [0.2, 0.25) is 5.91 Å². The van der Waals surface area contributed by atoms with Crippen LogP contribution in [0.4, 0.5) is 30.7 Å². The number of carbonyl (C=O) groups excluding carboxylic acids is 1. The van der Waals surface area contributed by atoms with Crippen molar-refractivity contribution in [3.63, 3.8) is 0 Å². The summed E-state index contributed by atoms with van der Waals surface area (Å²) in [4.78, 5) is 27.0. The van der Waals surface area contributed by atoms with Gasteiger partial charge in [-0.15, -0.1) is 0 Å². The first-order valence-corrected chi connectivity index (χ1v) is 16.1. The number of aryl methyl sites for hydroxylation is 1. The molecule has 0 spiro atoms. The molecule has 2 fully saturated rings. The largest absolute Gasteiger partial charge is 0.481 e. The van der Waals surface area contributed by atoms with Crippen LogP contribution in [0.1, 0.15) is 68.6 Å². The van der Waals surface area contributed by atoms with Crippen molar-refractivity contribution in [3.05, 3.63) is 65.2 Å². The first kappa shape index (κ1) is 33.2. The van der Waals surface area contributed by atoms with Gasteiger partial charge in [-0.05, 0) is 81.5 Å². The van der Waals surface area contributed by atoms with Gasteiger partial charge in [0.15, 0.2) is 9.84 Å². The molecule has 5 rings (SSSR count). The number of hydrogen-bond acceptors (Lipinski definition) is 4. The zero-order chi connectivity index (χ0) is 33.2. The number of likely N-dealkylation sites (tertiary alicyclic amines) is 1. The van der Waals surface area contributed by atoms with E-state index in [0.29, 0.717) is 12.1 Å². The highest BCUT2D eigenvalue weighted by Crippen LogP contribution is 2.56. The smallest absolute Gasteiger partial charge is 0.435 e. The molecule has 246 valence electrons. The maximum atomic E-state index is 15.1. The van der Waals surface area contributed by atoms with Crippen LogP contribution in [0.5, 0.6) is 0 Å². The minimum atomic E-state index is -6.34. The second-order valence-corrected chi connectivity index (χ2v) is 14.8. The topological polar surface area (TPSA) is 91.8 Å². The zero-order valence-electron chi connectivity index (χ0n) is 24.2. The van der Waals surface area contributed by atoms with E-state index in [4.69, 9.17) is 0 Å². The number of carbonyl (C=O) groups is 2. The molecule has 45 heavy (non-hydrogen) atoms. The third-order valence-electron chi connectivity index (χ3n) is 10.1. The number of nitrogens with zero attached hydrogens (tertiary/aromatic N) is 1. The third kappa shape index (κ3) is 5.01. The number of rotatable bonds is 5. The molecular formula is C31H32F7NO5S. The van der Waals surface area contributed by atoms with Crippen molar-refractivity contribution in [1.29, 1.82) is 0 Å². The average Bonchev–Trinajstić information content (AvgIpc) is 2.99. The summed E-state index contributed by atoms with van der Waals surface area (Å²) in [5, 5.41) is 9.60. The summed E-state index contributed by atoms with van der Waals surface area (Å²) < 4.78 is 124. The van der Waals surface area contributed by atoms with Crippen LogP contribution < -0.4 is 0 Å². The summed E-state index contributed by atoms with van der Waals surface area (Å²) in [6.45, 7) is 1.77. The predicted molar refractivity (Wildman–Crippen MR) is 147 cm³/mol. The van der Waals surface area contributed by atoms with E-state index in [1.807, 2.05) is 0 Å². The third-order valence-corrected chi connectivity index (χ3v) is 12.6. The second kappa shape index (κ2) is 11.0. The lowest BCUT2D eigenvalue weighted by molar-refractivity contribution is -0.348. The van der Waals surface area contributed by atoms with Gasteiger partial charge in [-0.2, -0.15) is 26.3 Å². The Morgan fingerprint density at radius 2 is 1.49 bits per heavy atom.